The topological polar surface area (TPSA) is 64.8 Å². The average Bonchev–Trinajstić information content (AvgIpc) is 2.38. The van der Waals surface area contributed by atoms with Crippen molar-refractivity contribution in [3.8, 4) is 0 Å². The molecule has 1 aliphatic heterocycles. The number of rotatable bonds is 4. The third kappa shape index (κ3) is 4.38. The van der Waals surface area contributed by atoms with E-state index in [0.29, 0.717) is 29.4 Å². The fourth-order valence-electron chi connectivity index (χ4n) is 1.91. The predicted octanol–water partition coefficient (Wildman–Crippen LogP) is 1.41. The van der Waals surface area contributed by atoms with Crippen LogP contribution in [0.15, 0.2) is 18.2 Å². The minimum Gasteiger partial charge on any atom is -0.461 e. The summed E-state index contributed by atoms with van der Waals surface area (Å²) in [6.07, 6.45) is 0. The summed E-state index contributed by atoms with van der Waals surface area (Å²) in [6.45, 7) is 4.29. The van der Waals surface area contributed by atoms with Gasteiger partial charge in [0.25, 0.3) is 0 Å². The number of nitrogens with two attached hydrogens (primary N) is 1. The van der Waals surface area contributed by atoms with Crippen molar-refractivity contribution in [2.45, 2.75) is 0 Å². The molecule has 0 bridgehead atoms. The molecule has 1 heterocycles. The minimum absolute atomic E-state index is 0.352. The van der Waals surface area contributed by atoms with Gasteiger partial charge in [-0.05, 0) is 18.2 Å². The number of halogens is 1. The number of carbonyl (C=O) groups is 1. The van der Waals surface area contributed by atoms with Crippen molar-refractivity contribution in [2.75, 3.05) is 45.2 Å². The number of ether oxygens (including phenoxy) is 2. The van der Waals surface area contributed by atoms with Crippen molar-refractivity contribution in [1.82, 2.24) is 4.90 Å². The molecule has 0 unspecified atom stereocenters. The van der Waals surface area contributed by atoms with Crippen LogP contribution < -0.4 is 5.73 Å². The Bertz CT molecular complexity index is 427. The molecule has 0 amide bonds. The highest BCUT2D eigenvalue weighted by Gasteiger charge is 2.12. The number of benzene rings is 1. The number of nitrogens with zero attached hydrogens (tertiary/aromatic N) is 1. The number of hydrogen-bond donors (Lipinski definition) is 1. The zero-order valence-corrected chi connectivity index (χ0v) is 11.4. The largest absolute Gasteiger partial charge is 0.461 e. The van der Waals surface area contributed by atoms with Crippen LogP contribution >= 0.6 is 11.6 Å². The van der Waals surface area contributed by atoms with Crippen LogP contribution in [0.2, 0.25) is 5.02 Å². The predicted molar refractivity (Wildman–Crippen MR) is 73.4 cm³/mol. The number of esters is 1. The normalized spacial score (nSPS) is 16.3. The molecule has 1 aromatic carbocycles. The van der Waals surface area contributed by atoms with Gasteiger partial charge in [-0.3, -0.25) is 4.90 Å². The van der Waals surface area contributed by atoms with E-state index in [0.717, 1.165) is 26.3 Å². The molecule has 1 fully saturated rings. The summed E-state index contributed by atoms with van der Waals surface area (Å²) in [5, 5.41) is 0.431. The Morgan fingerprint density at radius 2 is 2.11 bits per heavy atom. The molecule has 2 N–H and O–H groups in total. The van der Waals surface area contributed by atoms with E-state index in [9.17, 15) is 4.79 Å². The first kappa shape index (κ1) is 14.1. The third-order valence-electron chi connectivity index (χ3n) is 2.90. The first-order valence-electron chi connectivity index (χ1n) is 6.18. The van der Waals surface area contributed by atoms with Crippen LogP contribution in [0.5, 0.6) is 0 Å². The van der Waals surface area contributed by atoms with E-state index in [1.807, 2.05) is 0 Å². The van der Waals surface area contributed by atoms with Gasteiger partial charge in [0.1, 0.15) is 6.61 Å². The Hall–Kier alpha value is -1.30. The number of nitrogen functional groups attached to an aromatic ring is 1. The first-order valence-corrected chi connectivity index (χ1v) is 6.56. The Morgan fingerprint density at radius 1 is 1.37 bits per heavy atom. The third-order valence-corrected chi connectivity index (χ3v) is 3.12. The van der Waals surface area contributed by atoms with Gasteiger partial charge in [0.05, 0.1) is 18.8 Å². The molecule has 1 aliphatic rings. The van der Waals surface area contributed by atoms with Crippen LogP contribution in [0.3, 0.4) is 0 Å². The van der Waals surface area contributed by atoms with Gasteiger partial charge >= 0.3 is 5.97 Å². The molecule has 104 valence electrons. The zero-order chi connectivity index (χ0) is 13.7. The average molecular weight is 285 g/mol. The van der Waals surface area contributed by atoms with Crippen LogP contribution in [-0.4, -0.2) is 50.3 Å². The van der Waals surface area contributed by atoms with Gasteiger partial charge in [-0.15, -0.1) is 0 Å². The molecule has 1 aromatic rings. The monoisotopic (exact) mass is 284 g/mol. The number of carbonyl (C=O) groups excluding carboxylic acids is 1. The molecule has 19 heavy (non-hydrogen) atoms. The summed E-state index contributed by atoms with van der Waals surface area (Å²) in [4.78, 5) is 14.0. The smallest absolute Gasteiger partial charge is 0.338 e. The second-order valence-corrected chi connectivity index (χ2v) is 4.80. The van der Waals surface area contributed by atoms with Gasteiger partial charge in [0, 0.05) is 30.3 Å². The maximum absolute atomic E-state index is 11.8. The molecule has 0 aliphatic carbocycles. The SMILES string of the molecule is Nc1cc(Cl)cc(C(=O)OCCN2CCOCC2)c1. The van der Waals surface area contributed by atoms with E-state index >= 15 is 0 Å². The highest BCUT2D eigenvalue weighted by molar-refractivity contribution is 6.31. The van der Waals surface area contributed by atoms with Crippen molar-refractivity contribution < 1.29 is 14.3 Å². The van der Waals surface area contributed by atoms with E-state index in [-0.39, 0.29) is 0 Å². The molecular formula is C13H17ClN2O3. The second kappa shape index (κ2) is 6.75. The van der Waals surface area contributed by atoms with Gasteiger partial charge in [-0.25, -0.2) is 4.79 Å². The van der Waals surface area contributed by atoms with Gasteiger partial charge in [0.15, 0.2) is 0 Å². The van der Waals surface area contributed by atoms with Crippen molar-refractivity contribution in [3.05, 3.63) is 28.8 Å². The molecule has 0 radical (unpaired) electrons. The van der Waals surface area contributed by atoms with Gasteiger partial charge in [-0.1, -0.05) is 11.6 Å². The van der Waals surface area contributed by atoms with E-state index in [2.05, 4.69) is 4.90 Å². The van der Waals surface area contributed by atoms with E-state index in [1.165, 1.54) is 0 Å². The Balaban J connectivity index is 1.80. The zero-order valence-electron chi connectivity index (χ0n) is 10.6. The Kier molecular flexibility index (Phi) is 5.01. The molecule has 0 spiro atoms. The van der Waals surface area contributed by atoms with Gasteiger partial charge in [0.2, 0.25) is 0 Å². The number of hydrogen-bond acceptors (Lipinski definition) is 5. The van der Waals surface area contributed by atoms with Crippen molar-refractivity contribution in [1.29, 1.82) is 0 Å². The van der Waals surface area contributed by atoms with Crippen molar-refractivity contribution in [2.24, 2.45) is 0 Å². The van der Waals surface area contributed by atoms with Crippen LogP contribution in [0.25, 0.3) is 0 Å². The maximum atomic E-state index is 11.8. The lowest BCUT2D eigenvalue weighted by Crippen LogP contribution is -2.38. The lowest BCUT2D eigenvalue weighted by Gasteiger charge is -2.26. The number of morpholine rings is 1. The van der Waals surface area contributed by atoms with Crippen LogP contribution in [0.4, 0.5) is 5.69 Å². The summed E-state index contributed by atoms with van der Waals surface area (Å²) in [7, 11) is 0. The molecule has 5 nitrogen and oxygen atoms in total. The van der Waals surface area contributed by atoms with Crippen molar-refractivity contribution >= 4 is 23.3 Å². The summed E-state index contributed by atoms with van der Waals surface area (Å²) in [5.74, 6) is -0.401. The van der Waals surface area contributed by atoms with Gasteiger partial charge < -0.3 is 15.2 Å². The quantitative estimate of drug-likeness (QED) is 0.669. The second-order valence-electron chi connectivity index (χ2n) is 4.36. The van der Waals surface area contributed by atoms with Crippen LogP contribution in [0.1, 0.15) is 10.4 Å². The summed E-state index contributed by atoms with van der Waals surface area (Å²) >= 11 is 5.84. The molecule has 2 rings (SSSR count). The van der Waals surface area contributed by atoms with Crippen LogP contribution in [0, 0.1) is 0 Å². The summed E-state index contributed by atoms with van der Waals surface area (Å²) in [6, 6.07) is 4.70. The van der Waals surface area contributed by atoms with E-state index in [4.69, 9.17) is 26.8 Å². The van der Waals surface area contributed by atoms with Gasteiger partial charge in [-0.2, -0.15) is 0 Å². The maximum Gasteiger partial charge on any atom is 0.338 e. The van der Waals surface area contributed by atoms with E-state index < -0.39 is 5.97 Å². The fourth-order valence-corrected chi connectivity index (χ4v) is 2.15. The fraction of sp³-hybridized carbons (Fsp3) is 0.462. The summed E-state index contributed by atoms with van der Waals surface area (Å²) in [5.41, 5.74) is 6.46. The molecule has 6 heteroatoms. The molecule has 1 saturated heterocycles. The first-order chi connectivity index (χ1) is 9.15. The lowest BCUT2D eigenvalue weighted by molar-refractivity contribution is 0.0195. The molecular weight excluding hydrogens is 268 g/mol. The highest BCUT2D eigenvalue weighted by atomic mass is 35.5. The standard InChI is InChI=1S/C13H17ClN2O3/c14-11-7-10(8-12(15)9-11)13(17)19-6-3-16-1-4-18-5-2-16/h7-9H,1-6,15H2. The lowest BCUT2D eigenvalue weighted by atomic mass is 10.2. The Morgan fingerprint density at radius 3 is 2.79 bits per heavy atom. The summed E-state index contributed by atoms with van der Waals surface area (Å²) < 4.78 is 10.5. The Labute approximate surface area is 117 Å². The molecule has 0 saturated carbocycles. The van der Waals surface area contributed by atoms with E-state index in [1.54, 1.807) is 18.2 Å². The molecule has 0 aromatic heterocycles. The highest BCUT2D eigenvalue weighted by Crippen LogP contribution is 2.17. The van der Waals surface area contributed by atoms with Crippen LogP contribution in [-0.2, 0) is 9.47 Å². The molecule has 0 atom stereocenters. The van der Waals surface area contributed by atoms with Crippen molar-refractivity contribution in [3.63, 3.8) is 0 Å². The number of anilines is 1. The minimum atomic E-state index is -0.401.